The molecule has 0 saturated heterocycles. The summed E-state index contributed by atoms with van der Waals surface area (Å²) in [6.07, 6.45) is 6.36. The third-order valence-corrected chi connectivity index (χ3v) is 5.55. The maximum Gasteiger partial charge on any atom is 0.0207 e. The zero-order valence-corrected chi connectivity index (χ0v) is 13.7. The highest BCUT2D eigenvalue weighted by Crippen LogP contribution is 2.35. The van der Waals surface area contributed by atoms with Crippen molar-refractivity contribution in [3.8, 4) is 0 Å². The number of hydrogen-bond donors (Lipinski definition) is 1. The van der Waals surface area contributed by atoms with Crippen molar-refractivity contribution in [1.82, 2.24) is 0 Å². The van der Waals surface area contributed by atoms with Crippen LogP contribution in [0.1, 0.15) is 45.1 Å². The summed E-state index contributed by atoms with van der Waals surface area (Å²) in [6, 6.07) is 8.77. The van der Waals surface area contributed by atoms with Crippen molar-refractivity contribution >= 4 is 15.9 Å². The fraction of sp³-hybridized carbons (Fsp3) is 0.647. The number of halogens is 1. The van der Waals surface area contributed by atoms with Gasteiger partial charge in [0.25, 0.3) is 0 Å². The van der Waals surface area contributed by atoms with Crippen molar-refractivity contribution in [2.45, 2.75) is 52.0 Å². The van der Waals surface area contributed by atoms with E-state index in [1.54, 1.807) is 0 Å². The summed E-state index contributed by atoms with van der Waals surface area (Å²) in [5.41, 5.74) is 7.80. The third kappa shape index (κ3) is 4.06. The van der Waals surface area contributed by atoms with Crippen molar-refractivity contribution in [1.29, 1.82) is 0 Å². The molecule has 1 saturated carbocycles. The second kappa shape index (κ2) is 6.90. The topological polar surface area (TPSA) is 26.0 Å². The average Bonchev–Trinajstić information content (AvgIpc) is 2.41. The number of hydrogen-bond acceptors (Lipinski definition) is 1. The van der Waals surface area contributed by atoms with Crippen LogP contribution in [-0.4, -0.2) is 6.04 Å². The van der Waals surface area contributed by atoms with Crippen LogP contribution in [0.4, 0.5) is 0 Å². The Morgan fingerprint density at radius 3 is 2.26 bits per heavy atom. The van der Waals surface area contributed by atoms with Crippen LogP contribution in [0.2, 0.25) is 0 Å². The Morgan fingerprint density at radius 2 is 1.68 bits per heavy atom. The Hall–Kier alpha value is -0.340. The van der Waals surface area contributed by atoms with Crippen LogP contribution in [0, 0.1) is 17.8 Å². The fourth-order valence-electron chi connectivity index (χ4n) is 3.32. The van der Waals surface area contributed by atoms with Gasteiger partial charge in [0.05, 0.1) is 0 Å². The van der Waals surface area contributed by atoms with Gasteiger partial charge in [0.2, 0.25) is 0 Å². The quantitative estimate of drug-likeness (QED) is 0.847. The van der Waals surface area contributed by atoms with Crippen LogP contribution < -0.4 is 5.73 Å². The van der Waals surface area contributed by atoms with Crippen LogP contribution in [-0.2, 0) is 6.42 Å². The maximum atomic E-state index is 6.45. The first-order valence-corrected chi connectivity index (χ1v) is 8.36. The highest BCUT2D eigenvalue weighted by molar-refractivity contribution is 9.10. The number of rotatable bonds is 4. The smallest absolute Gasteiger partial charge is 0.0207 e. The zero-order valence-electron chi connectivity index (χ0n) is 12.1. The molecule has 0 heterocycles. The van der Waals surface area contributed by atoms with Gasteiger partial charge < -0.3 is 5.73 Å². The molecule has 0 aromatic heterocycles. The van der Waals surface area contributed by atoms with E-state index in [9.17, 15) is 0 Å². The molecular formula is C17H26BrN. The Labute approximate surface area is 126 Å². The standard InChI is InChI=1S/C17H26BrN/c1-12(2)13-7-9-14(10-8-13)17(19)11-15-5-3-4-6-16(15)18/h3-6,12-14,17H,7-11,19H2,1-2H3. The number of benzene rings is 1. The van der Waals surface area contributed by atoms with E-state index in [4.69, 9.17) is 5.73 Å². The molecule has 0 aliphatic heterocycles. The summed E-state index contributed by atoms with van der Waals surface area (Å²) in [6.45, 7) is 4.71. The van der Waals surface area contributed by atoms with Gasteiger partial charge >= 0.3 is 0 Å². The average molecular weight is 324 g/mol. The molecule has 0 amide bonds. The Morgan fingerprint density at radius 1 is 1.11 bits per heavy atom. The molecule has 1 aliphatic rings. The second-order valence-electron chi connectivity index (χ2n) is 6.38. The fourth-order valence-corrected chi connectivity index (χ4v) is 3.77. The summed E-state index contributed by atoms with van der Waals surface area (Å²) >= 11 is 3.62. The Balaban J connectivity index is 1.88. The van der Waals surface area contributed by atoms with Crippen molar-refractivity contribution in [2.75, 3.05) is 0 Å². The SMILES string of the molecule is CC(C)C1CCC(C(N)Cc2ccccc2Br)CC1. The van der Waals surface area contributed by atoms with Crippen LogP contribution >= 0.6 is 15.9 Å². The molecule has 1 aromatic rings. The van der Waals surface area contributed by atoms with Crippen LogP contribution in [0.5, 0.6) is 0 Å². The summed E-state index contributed by atoms with van der Waals surface area (Å²) in [5, 5.41) is 0. The zero-order chi connectivity index (χ0) is 13.8. The third-order valence-electron chi connectivity index (χ3n) is 4.78. The molecule has 0 radical (unpaired) electrons. The molecule has 0 bridgehead atoms. The van der Waals surface area contributed by atoms with Gasteiger partial charge in [-0.15, -0.1) is 0 Å². The van der Waals surface area contributed by atoms with E-state index in [0.717, 1.165) is 18.3 Å². The maximum absolute atomic E-state index is 6.45. The second-order valence-corrected chi connectivity index (χ2v) is 7.23. The van der Waals surface area contributed by atoms with Gasteiger partial charge in [-0.1, -0.05) is 48.0 Å². The summed E-state index contributed by atoms with van der Waals surface area (Å²) in [4.78, 5) is 0. The Bertz CT molecular complexity index is 394. The molecule has 1 aliphatic carbocycles. The minimum absolute atomic E-state index is 0.312. The predicted octanol–water partition coefficient (Wildman–Crippen LogP) is 4.78. The Kier molecular flexibility index (Phi) is 5.47. The molecule has 1 nitrogen and oxygen atoms in total. The van der Waals surface area contributed by atoms with Crippen molar-refractivity contribution < 1.29 is 0 Å². The van der Waals surface area contributed by atoms with E-state index >= 15 is 0 Å². The molecule has 2 heteroatoms. The molecule has 2 N–H and O–H groups in total. The van der Waals surface area contributed by atoms with E-state index in [-0.39, 0.29) is 0 Å². The van der Waals surface area contributed by atoms with E-state index < -0.39 is 0 Å². The first-order chi connectivity index (χ1) is 9.08. The van der Waals surface area contributed by atoms with Crippen molar-refractivity contribution in [3.05, 3.63) is 34.3 Å². The molecule has 0 spiro atoms. The van der Waals surface area contributed by atoms with Gasteiger partial charge in [0, 0.05) is 10.5 Å². The lowest BCUT2D eigenvalue weighted by Crippen LogP contribution is -2.35. The molecule has 106 valence electrons. The van der Waals surface area contributed by atoms with Gasteiger partial charge in [-0.3, -0.25) is 0 Å². The summed E-state index contributed by atoms with van der Waals surface area (Å²) in [7, 11) is 0. The minimum Gasteiger partial charge on any atom is -0.327 e. The predicted molar refractivity (Wildman–Crippen MR) is 86.1 cm³/mol. The molecule has 2 rings (SSSR count). The monoisotopic (exact) mass is 323 g/mol. The van der Waals surface area contributed by atoms with E-state index in [2.05, 4.69) is 54.0 Å². The molecule has 1 unspecified atom stereocenters. The largest absolute Gasteiger partial charge is 0.327 e. The van der Waals surface area contributed by atoms with Gasteiger partial charge in [-0.2, -0.15) is 0 Å². The first kappa shape index (κ1) is 15.1. The first-order valence-electron chi connectivity index (χ1n) is 7.57. The molecular weight excluding hydrogens is 298 g/mol. The van der Waals surface area contributed by atoms with Gasteiger partial charge in [0.1, 0.15) is 0 Å². The molecule has 1 atom stereocenters. The van der Waals surface area contributed by atoms with E-state index in [0.29, 0.717) is 12.0 Å². The lowest BCUT2D eigenvalue weighted by molar-refractivity contribution is 0.202. The van der Waals surface area contributed by atoms with Crippen molar-refractivity contribution in [2.24, 2.45) is 23.5 Å². The lowest BCUT2D eigenvalue weighted by atomic mass is 9.74. The van der Waals surface area contributed by atoms with Crippen molar-refractivity contribution in [3.63, 3.8) is 0 Å². The molecule has 19 heavy (non-hydrogen) atoms. The highest BCUT2D eigenvalue weighted by atomic mass is 79.9. The van der Waals surface area contributed by atoms with Crippen LogP contribution in [0.25, 0.3) is 0 Å². The number of nitrogens with two attached hydrogens (primary N) is 1. The molecule has 1 fully saturated rings. The normalized spacial score (nSPS) is 25.5. The minimum atomic E-state index is 0.312. The van der Waals surface area contributed by atoms with Crippen LogP contribution in [0.3, 0.4) is 0 Å². The lowest BCUT2D eigenvalue weighted by Gasteiger charge is -2.34. The van der Waals surface area contributed by atoms with E-state index in [1.807, 2.05) is 0 Å². The highest BCUT2D eigenvalue weighted by Gasteiger charge is 2.27. The van der Waals surface area contributed by atoms with E-state index in [1.165, 1.54) is 35.7 Å². The summed E-state index contributed by atoms with van der Waals surface area (Å²) in [5.74, 6) is 2.47. The van der Waals surface area contributed by atoms with Gasteiger partial charge in [-0.25, -0.2) is 0 Å². The summed E-state index contributed by atoms with van der Waals surface area (Å²) < 4.78 is 1.20. The van der Waals surface area contributed by atoms with Crippen LogP contribution in [0.15, 0.2) is 28.7 Å². The van der Waals surface area contributed by atoms with Gasteiger partial charge in [0.15, 0.2) is 0 Å². The van der Waals surface area contributed by atoms with Gasteiger partial charge in [-0.05, 0) is 61.5 Å². The molecule has 1 aromatic carbocycles.